The van der Waals surface area contributed by atoms with Crippen LogP contribution in [0.2, 0.25) is 0 Å². The SMILES string of the molecule is O=C(CCOCC(F)F)Nc1c(Br)cccc1C(=O)O. The van der Waals surface area contributed by atoms with Crippen molar-refractivity contribution in [2.45, 2.75) is 12.8 Å². The van der Waals surface area contributed by atoms with E-state index < -0.39 is 24.9 Å². The molecule has 1 aromatic rings. The van der Waals surface area contributed by atoms with Gasteiger partial charge in [0, 0.05) is 4.47 Å². The molecule has 0 heterocycles. The van der Waals surface area contributed by atoms with Crippen LogP contribution in [-0.4, -0.2) is 36.6 Å². The Morgan fingerprint density at radius 2 is 2.10 bits per heavy atom. The lowest BCUT2D eigenvalue weighted by molar-refractivity contribution is -0.117. The number of rotatable bonds is 7. The first-order chi connectivity index (χ1) is 9.41. The minimum Gasteiger partial charge on any atom is -0.478 e. The van der Waals surface area contributed by atoms with Gasteiger partial charge in [-0.1, -0.05) is 6.07 Å². The Labute approximate surface area is 122 Å². The fourth-order valence-corrected chi connectivity index (χ4v) is 1.83. The molecule has 0 aliphatic rings. The first-order valence-corrected chi connectivity index (χ1v) is 6.38. The standard InChI is InChI=1S/C12H12BrF2NO4/c13-8-3-1-2-7(12(18)19)11(8)16-10(17)4-5-20-6-9(14)15/h1-3,9H,4-6H2,(H,16,17)(H,18,19). The van der Waals surface area contributed by atoms with E-state index in [9.17, 15) is 18.4 Å². The molecule has 0 atom stereocenters. The van der Waals surface area contributed by atoms with Crippen LogP contribution in [0.4, 0.5) is 14.5 Å². The first-order valence-electron chi connectivity index (χ1n) is 5.59. The summed E-state index contributed by atoms with van der Waals surface area (Å²) >= 11 is 3.14. The molecule has 20 heavy (non-hydrogen) atoms. The largest absolute Gasteiger partial charge is 0.478 e. The number of aromatic carboxylic acids is 1. The molecule has 0 fully saturated rings. The van der Waals surface area contributed by atoms with Crippen molar-refractivity contribution in [3.8, 4) is 0 Å². The van der Waals surface area contributed by atoms with E-state index in [0.29, 0.717) is 4.47 Å². The molecule has 8 heteroatoms. The number of carboxylic acid groups (broad SMARTS) is 1. The van der Waals surface area contributed by atoms with Crippen LogP contribution < -0.4 is 5.32 Å². The number of carbonyl (C=O) groups excluding carboxylic acids is 1. The third kappa shape index (κ3) is 5.22. The number of alkyl halides is 2. The van der Waals surface area contributed by atoms with Crippen LogP contribution in [0.25, 0.3) is 0 Å². The van der Waals surface area contributed by atoms with Gasteiger partial charge in [-0.05, 0) is 28.1 Å². The number of benzene rings is 1. The van der Waals surface area contributed by atoms with E-state index >= 15 is 0 Å². The number of nitrogens with one attached hydrogen (secondary N) is 1. The molecule has 0 aromatic heterocycles. The summed E-state index contributed by atoms with van der Waals surface area (Å²) in [5.74, 6) is -1.70. The van der Waals surface area contributed by atoms with Crippen LogP contribution in [0.3, 0.4) is 0 Å². The fraction of sp³-hybridized carbons (Fsp3) is 0.333. The third-order valence-electron chi connectivity index (χ3n) is 2.23. The van der Waals surface area contributed by atoms with Gasteiger partial charge in [0.2, 0.25) is 5.91 Å². The van der Waals surface area contributed by atoms with Gasteiger partial charge >= 0.3 is 5.97 Å². The van der Waals surface area contributed by atoms with E-state index in [1.54, 1.807) is 6.07 Å². The Morgan fingerprint density at radius 3 is 2.70 bits per heavy atom. The molecular weight excluding hydrogens is 340 g/mol. The average molecular weight is 352 g/mol. The maximum absolute atomic E-state index is 11.8. The van der Waals surface area contributed by atoms with Gasteiger partial charge in [-0.2, -0.15) is 0 Å². The number of halogens is 3. The number of hydrogen-bond donors (Lipinski definition) is 2. The van der Waals surface area contributed by atoms with Gasteiger partial charge in [0.15, 0.2) is 0 Å². The van der Waals surface area contributed by atoms with Crippen LogP contribution in [0.1, 0.15) is 16.8 Å². The number of para-hydroxylation sites is 1. The van der Waals surface area contributed by atoms with Crippen LogP contribution >= 0.6 is 15.9 Å². The first kappa shape index (κ1) is 16.5. The molecule has 2 N–H and O–H groups in total. The Balaban J connectivity index is 2.60. The Hall–Kier alpha value is -1.54. The fourth-order valence-electron chi connectivity index (χ4n) is 1.37. The van der Waals surface area contributed by atoms with Gasteiger partial charge in [-0.15, -0.1) is 0 Å². The van der Waals surface area contributed by atoms with E-state index in [1.165, 1.54) is 12.1 Å². The Morgan fingerprint density at radius 1 is 1.40 bits per heavy atom. The number of hydrogen-bond acceptors (Lipinski definition) is 3. The zero-order chi connectivity index (χ0) is 15.1. The molecule has 1 amide bonds. The Kier molecular flexibility index (Phi) is 6.53. The highest BCUT2D eigenvalue weighted by Gasteiger charge is 2.15. The summed E-state index contributed by atoms with van der Waals surface area (Å²) < 4.78 is 28.6. The number of ether oxygens (including phenoxy) is 1. The second-order valence-electron chi connectivity index (χ2n) is 3.73. The van der Waals surface area contributed by atoms with E-state index in [1.807, 2.05) is 0 Å². The van der Waals surface area contributed by atoms with Crippen LogP contribution in [0.5, 0.6) is 0 Å². The van der Waals surface area contributed by atoms with Gasteiger partial charge < -0.3 is 15.2 Å². The summed E-state index contributed by atoms with van der Waals surface area (Å²) in [6.45, 7) is -0.897. The highest BCUT2D eigenvalue weighted by molar-refractivity contribution is 9.10. The summed E-state index contributed by atoms with van der Waals surface area (Å²) in [5.41, 5.74) is 0.0556. The molecule has 0 bridgehead atoms. The molecule has 5 nitrogen and oxygen atoms in total. The molecule has 1 rings (SSSR count). The van der Waals surface area contributed by atoms with Crippen molar-refractivity contribution in [1.82, 2.24) is 0 Å². The van der Waals surface area contributed by atoms with Crippen LogP contribution in [-0.2, 0) is 9.53 Å². The zero-order valence-electron chi connectivity index (χ0n) is 10.2. The third-order valence-corrected chi connectivity index (χ3v) is 2.89. The number of amides is 1. The van der Waals surface area contributed by atoms with Crippen molar-refractivity contribution in [2.24, 2.45) is 0 Å². The smallest absolute Gasteiger partial charge is 0.337 e. The van der Waals surface area contributed by atoms with Crippen molar-refractivity contribution in [3.05, 3.63) is 28.2 Å². The molecule has 0 unspecified atom stereocenters. The zero-order valence-corrected chi connectivity index (χ0v) is 11.8. The lowest BCUT2D eigenvalue weighted by Gasteiger charge is -2.10. The van der Waals surface area contributed by atoms with Gasteiger partial charge in [0.1, 0.15) is 6.61 Å². The molecule has 0 aliphatic carbocycles. The van der Waals surface area contributed by atoms with Crippen molar-refractivity contribution in [3.63, 3.8) is 0 Å². The summed E-state index contributed by atoms with van der Waals surface area (Å²) in [6.07, 6.45) is -2.73. The van der Waals surface area contributed by atoms with Crippen molar-refractivity contribution < 1.29 is 28.2 Å². The molecule has 110 valence electrons. The maximum Gasteiger partial charge on any atom is 0.337 e. The van der Waals surface area contributed by atoms with Gasteiger partial charge in [-0.3, -0.25) is 4.79 Å². The highest BCUT2D eigenvalue weighted by atomic mass is 79.9. The average Bonchev–Trinajstić information content (AvgIpc) is 2.36. The van der Waals surface area contributed by atoms with E-state index in [0.717, 1.165) is 0 Å². The normalized spacial score (nSPS) is 10.6. The summed E-state index contributed by atoms with van der Waals surface area (Å²) in [4.78, 5) is 22.6. The molecular formula is C12H12BrF2NO4. The number of carbonyl (C=O) groups is 2. The minimum absolute atomic E-state index is 0.0683. The number of carboxylic acids is 1. The quantitative estimate of drug-likeness (QED) is 0.740. The Bertz CT molecular complexity index is 496. The number of anilines is 1. The van der Waals surface area contributed by atoms with E-state index in [2.05, 4.69) is 26.0 Å². The molecule has 0 saturated heterocycles. The summed E-state index contributed by atoms with van der Waals surface area (Å²) in [5, 5.41) is 11.4. The molecule has 0 saturated carbocycles. The van der Waals surface area contributed by atoms with Crippen LogP contribution in [0, 0.1) is 0 Å². The predicted molar refractivity (Wildman–Crippen MR) is 71.2 cm³/mol. The van der Waals surface area contributed by atoms with Gasteiger partial charge in [0.05, 0.1) is 24.3 Å². The summed E-state index contributed by atoms with van der Waals surface area (Å²) in [7, 11) is 0. The van der Waals surface area contributed by atoms with E-state index in [4.69, 9.17) is 5.11 Å². The molecule has 1 aromatic carbocycles. The highest BCUT2D eigenvalue weighted by Crippen LogP contribution is 2.26. The minimum atomic E-state index is -2.58. The predicted octanol–water partition coefficient (Wildman–Crippen LogP) is 2.76. The maximum atomic E-state index is 11.8. The lowest BCUT2D eigenvalue weighted by Crippen LogP contribution is -2.17. The summed E-state index contributed by atoms with van der Waals surface area (Å²) in [6, 6.07) is 4.44. The second-order valence-corrected chi connectivity index (χ2v) is 4.59. The van der Waals surface area contributed by atoms with Crippen molar-refractivity contribution in [1.29, 1.82) is 0 Å². The van der Waals surface area contributed by atoms with Gasteiger partial charge in [-0.25, -0.2) is 13.6 Å². The van der Waals surface area contributed by atoms with Gasteiger partial charge in [0.25, 0.3) is 6.43 Å². The molecule has 0 radical (unpaired) electrons. The topological polar surface area (TPSA) is 75.6 Å². The van der Waals surface area contributed by atoms with Crippen molar-refractivity contribution in [2.75, 3.05) is 18.5 Å². The second kappa shape index (κ2) is 7.91. The molecule has 0 spiro atoms. The monoisotopic (exact) mass is 351 g/mol. The van der Waals surface area contributed by atoms with E-state index in [-0.39, 0.29) is 24.3 Å². The molecule has 0 aliphatic heterocycles. The van der Waals surface area contributed by atoms with Crippen LogP contribution in [0.15, 0.2) is 22.7 Å². The van der Waals surface area contributed by atoms with Crippen molar-refractivity contribution >= 4 is 33.5 Å². The lowest BCUT2D eigenvalue weighted by atomic mass is 10.2.